The van der Waals surface area contributed by atoms with Gasteiger partial charge in [0.1, 0.15) is 5.82 Å². The van der Waals surface area contributed by atoms with Crippen molar-refractivity contribution >= 4 is 33.4 Å². The highest BCUT2D eigenvalue weighted by molar-refractivity contribution is 6.31. The predicted octanol–water partition coefficient (Wildman–Crippen LogP) is 5.86. The lowest BCUT2D eigenvalue weighted by atomic mass is 10.0. The SMILES string of the molecule is CCOCCCn1c(Cc2cccc3ccccc23)nc2ccc(Cl)cc21. The van der Waals surface area contributed by atoms with Gasteiger partial charge in [-0.1, -0.05) is 54.1 Å². The molecule has 0 aliphatic rings. The smallest absolute Gasteiger partial charge is 0.114 e. The average molecular weight is 379 g/mol. The Morgan fingerprint density at radius 2 is 1.89 bits per heavy atom. The number of fused-ring (bicyclic) bond motifs is 2. The van der Waals surface area contributed by atoms with E-state index in [0.717, 1.165) is 54.5 Å². The average Bonchev–Trinajstić information content (AvgIpc) is 3.02. The maximum Gasteiger partial charge on any atom is 0.114 e. The van der Waals surface area contributed by atoms with Crippen molar-refractivity contribution in [3.8, 4) is 0 Å². The van der Waals surface area contributed by atoms with E-state index >= 15 is 0 Å². The molecule has 0 fully saturated rings. The summed E-state index contributed by atoms with van der Waals surface area (Å²) in [6.45, 7) is 4.40. The van der Waals surface area contributed by atoms with E-state index in [1.807, 2.05) is 25.1 Å². The first-order valence-corrected chi connectivity index (χ1v) is 9.83. The predicted molar refractivity (Wildman–Crippen MR) is 113 cm³/mol. The van der Waals surface area contributed by atoms with Crippen LogP contribution in [0.2, 0.25) is 5.02 Å². The number of hydrogen-bond donors (Lipinski definition) is 0. The first-order valence-electron chi connectivity index (χ1n) is 9.45. The van der Waals surface area contributed by atoms with Crippen molar-refractivity contribution in [1.82, 2.24) is 9.55 Å². The fraction of sp³-hybridized carbons (Fsp3) is 0.261. The van der Waals surface area contributed by atoms with Gasteiger partial charge >= 0.3 is 0 Å². The molecule has 3 aromatic carbocycles. The molecule has 4 rings (SSSR count). The monoisotopic (exact) mass is 378 g/mol. The third-order valence-corrected chi connectivity index (χ3v) is 5.13. The van der Waals surface area contributed by atoms with E-state index in [4.69, 9.17) is 21.3 Å². The number of hydrogen-bond acceptors (Lipinski definition) is 2. The number of imidazole rings is 1. The second-order valence-corrected chi connectivity index (χ2v) is 7.11. The van der Waals surface area contributed by atoms with E-state index < -0.39 is 0 Å². The third kappa shape index (κ3) is 3.85. The molecule has 0 aliphatic heterocycles. The second kappa shape index (κ2) is 8.12. The standard InChI is InChI=1S/C23H23ClN2O/c1-2-27-14-6-13-26-22-16-19(24)11-12-21(22)25-23(26)15-18-9-5-8-17-7-3-4-10-20(17)18/h3-5,7-12,16H,2,6,13-15H2,1H3. The summed E-state index contributed by atoms with van der Waals surface area (Å²) in [6, 6.07) is 20.9. The van der Waals surface area contributed by atoms with Gasteiger partial charge in [0.15, 0.2) is 0 Å². The van der Waals surface area contributed by atoms with Crippen LogP contribution in [0.15, 0.2) is 60.7 Å². The van der Waals surface area contributed by atoms with Gasteiger partial charge < -0.3 is 9.30 Å². The zero-order valence-electron chi connectivity index (χ0n) is 15.5. The minimum atomic E-state index is 0.741. The fourth-order valence-corrected chi connectivity index (χ4v) is 3.78. The molecule has 0 radical (unpaired) electrons. The Morgan fingerprint density at radius 1 is 1.04 bits per heavy atom. The normalized spacial score (nSPS) is 11.5. The molecular weight excluding hydrogens is 356 g/mol. The molecule has 0 saturated carbocycles. The van der Waals surface area contributed by atoms with Gasteiger partial charge in [-0.05, 0) is 47.9 Å². The van der Waals surface area contributed by atoms with Crippen LogP contribution in [0.25, 0.3) is 21.8 Å². The lowest BCUT2D eigenvalue weighted by Crippen LogP contribution is -2.07. The Bertz CT molecular complexity index is 1070. The number of ether oxygens (including phenoxy) is 1. The van der Waals surface area contributed by atoms with E-state index in [1.165, 1.54) is 16.3 Å². The lowest BCUT2D eigenvalue weighted by Gasteiger charge is -2.11. The Balaban J connectivity index is 1.73. The molecule has 4 aromatic rings. The molecule has 4 heteroatoms. The first kappa shape index (κ1) is 18.0. The van der Waals surface area contributed by atoms with Crippen LogP contribution in [-0.4, -0.2) is 22.8 Å². The minimum Gasteiger partial charge on any atom is -0.382 e. The molecule has 1 aromatic heterocycles. The second-order valence-electron chi connectivity index (χ2n) is 6.68. The molecule has 1 heterocycles. The molecule has 0 saturated heterocycles. The molecule has 3 nitrogen and oxygen atoms in total. The fourth-order valence-electron chi connectivity index (χ4n) is 3.62. The van der Waals surface area contributed by atoms with Gasteiger partial charge in [0.05, 0.1) is 11.0 Å². The molecular formula is C23H23ClN2O. The van der Waals surface area contributed by atoms with Crippen molar-refractivity contribution in [1.29, 1.82) is 0 Å². The Morgan fingerprint density at radius 3 is 2.78 bits per heavy atom. The Labute approximate surface area is 164 Å². The van der Waals surface area contributed by atoms with Gasteiger partial charge in [0.2, 0.25) is 0 Å². The highest BCUT2D eigenvalue weighted by Gasteiger charge is 2.13. The summed E-state index contributed by atoms with van der Waals surface area (Å²) in [6.07, 6.45) is 1.75. The molecule has 0 unspecified atom stereocenters. The zero-order valence-corrected chi connectivity index (χ0v) is 16.2. The van der Waals surface area contributed by atoms with E-state index in [2.05, 4.69) is 47.0 Å². The van der Waals surface area contributed by atoms with Gasteiger partial charge in [-0.3, -0.25) is 0 Å². The van der Waals surface area contributed by atoms with E-state index in [9.17, 15) is 0 Å². The summed E-state index contributed by atoms with van der Waals surface area (Å²) in [7, 11) is 0. The molecule has 0 atom stereocenters. The van der Waals surface area contributed by atoms with Crippen molar-refractivity contribution in [3.63, 3.8) is 0 Å². The largest absolute Gasteiger partial charge is 0.382 e. The molecule has 138 valence electrons. The summed E-state index contributed by atoms with van der Waals surface area (Å²) < 4.78 is 7.82. The highest BCUT2D eigenvalue weighted by atomic mass is 35.5. The zero-order chi connectivity index (χ0) is 18.6. The number of rotatable bonds is 7. The minimum absolute atomic E-state index is 0.741. The number of nitrogens with zero attached hydrogens (tertiary/aromatic N) is 2. The molecule has 0 N–H and O–H groups in total. The van der Waals surface area contributed by atoms with Crippen molar-refractivity contribution in [2.75, 3.05) is 13.2 Å². The van der Waals surface area contributed by atoms with Crippen LogP contribution in [0, 0.1) is 0 Å². The van der Waals surface area contributed by atoms with Crippen LogP contribution in [-0.2, 0) is 17.7 Å². The molecule has 0 amide bonds. The quantitative estimate of drug-likeness (QED) is 0.376. The third-order valence-electron chi connectivity index (χ3n) is 4.89. The van der Waals surface area contributed by atoms with Crippen LogP contribution in [0.3, 0.4) is 0 Å². The molecule has 0 spiro atoms. The van der Waals surface area contributed by atoms with Crippen LogP contribution in [0.5, 0.6) is 0 Å². The molecule has 0 aliphatic carbocycles. The van der Waals surface area contributed by atoms with Crippen molar-refractivity contribution in [3.05, 3.63) is 77.1 Å². The number of benzene rings is 3. The Hall–Kier alpha value is -2.36. The summed E-state index contributed by atoms with van der Waals surface area (Å²) in [4.78, 5) is 4.92. The maximum absolute atomic E-state index is 6.26. The van der Waals surface area contributed by atoms with Crippen molar-refractivity contribution in [2.24, 2.45) is 0 Å². The van der Waals surface area contributed by atoms with Crippen molar-refractivity contribution < 1.29 is 4.74 Å². The number of aromatic nitrogens is 2. The van der Waals surface area contributed by atoms with Gasteiger partial charge in [-0.25, -0.2) is 4.98 Å². The van der Waals surface area contributed by atoms with E-state index in [-0.39, 0.29) is 0 Å². The Kier molecular flexibility index (Phi) is 5.42. The lowest BCUT2D eigenvalue weighted by molar-refractivity contribution is 0.141. The topological polar surface area (TPSA) is 27.1 Å². The van der Waals surface area contributed by atoms with Crippen LogP contribution in [0.4, 0.5) is 0 Å². The summed E-state index contributed by atoms with van der Waals surface area (Å²) >= 11 is 6.26. The number of aryl methyl sites for hydroxylation is 1. The summed E-state index contributed by atoms with van der Waals surface area (Å²) in [5.41, 5.74) is 3.38. The van der Waals surface area contributed by atoms with E-state index in [0.29, 0.717) is 0 Å². The highest BCUT2D eigenvalue weighted by Crippen LogP contribution is 2.25. The van der Waals surface area contributed by atoms with Gasteiger partial charge in [-0.2, -0.15) is 0 Å². The van der Waals surface area contributed by atoms with Crippen LogP contribution < -0.4 is 0 Å². The van der Waals surface area contributed by atoms with Crippen molar-refractivity contribution in [2.45, 2.75) is 26.3 Å². The molecule has 0 bridgehead atoms. The van der Waals surface area contributed by atoms with E-state index in [1.54, 1.807) is 0 Å². The van der Waals surface area contributed by atoms with Gasteiger partial charge in [0.25, 0.3) is 0 Å². The first-order chi connectivity index (χ1) is 13.3. The number of halogens is 1. The van der Waals surface area contributed by atoms with Gasteiger partial charge in [-0.15, -0.1) is 0 Å². The van der Waals surface area contributed by atoms with Crippen LogP contribution in [0.1, 0.15) is 24.7 Å². The molecule has 27 heavy (non-hydrogen) atoms. The van der Waals surface area contributed by atoms with Gasteiger partial charge in [0, 0.05) is 31.2 Å². The summed E-state index contributed by atoms with van der Waals surface area (Å²) in [5, 5.41) is 3.29. The maximum atomic E-state index is 6.26. The van der Waals surface area contributed by atoms with Crippen LogP contribution >= 0.6 is 11.6 Å². The summed E-state index contributed by atoms with van der Waals surface area (Å²) in [5.74, 6) is 1.07.